The van der Waals surface area contributed by atoms with Crippen LogP contribution < -0.4 is 5.32 Å². The molecule has 0 heterocycles. The highest BCUT2D eigenvalue weighted by atomic mass is 16.1. The standard InChI is InChI=1S/C16H23NO/c1-12-7-9-14(10-8-12)11-16(18)17-15-6-4-3-5-13(15)2/h7-10,13,15H,3-6,11H2,1-2H3,(H,17,18)/t13-,15+/m0/s1. The molecule has 1 N–H and O–H groups in total. The maximum absolute atomic E-state index is 12.0. The predicted molar refractivity (Wildman–Crippen MR) is 74.4 cm³/mol. The van der Waals surface area contributed by atoms with Crippen molar-refractivity contribution >= 4 is 5.91 Å². The molecule has 98 valence electrons. The van der Waals surface area contributed by atoms with Crippen LogP contribution in [0.3, 0.4) is 0 Å². The van der Waals surface area contributed by atoms with Crippen molar-refractivity contribution in [1.82, 2.24) is 5.32 Å². The normalized spacial score (nSPS) is 23.7. The first kappa shape index (κ1) is 13.1. The highest BCUT2D eigenvalue weighted by molar-refractivity contribution is 5.78. The van der Waals surface area contributed by atoms with Gasteiger partial charge in [0.15, 0.2) is 0 Å². The van der Waals surface area contributed by atoms with Crippen LogP contribution in [0.5, 0.6) is 0 Å². The Morgan fingerprint density at radius 2 is 1.89 bits per heavy atom. The number of rotatable bonds is 3. The minimum atomic E-state index is 0.164. The average Bonchev–Trinajstić information content (AvgIpc) is 2.35. The van der Waals surface area contributed by atoms with Gasteiger partial charge in [-0.05, 0) is 31.2 Å². The van der Waals surface area contributed by atoms with E-state index in [9.17, 15) is 4.79 Å². The number of aryl methyl sites for hydroxylation is 1. The summed E-state index contributed by atoms with van der Waals surface area (Å²) in [7, 11) is 0. The van der Waals surface area contributed by atoms with Crippen LogP contribution in [0.15, 0.2) is 24.3 Å². The summed E-state index contributed by atoms with van der Waals surface area (Å²) in [5, 5.41) is 3.19. The van der Waals surface area contributed by atoms with Crippen LogP contribution >= 0.6 is 0 Å². The van der Waals surface area contributed by atoms with Crippen LogP contribution in [0.1, 0.15) is 43.7 Å². The molecule has 1 aromatic carbocycles. The van der Waals surface area contributed by atoms with Gasteiger partial charge in [-0.15, -0.1) is 0 Å². The lowest BCUT2D eigenvalue weighted by molar-refractivity contribution is -0.121. The van der Waals surface area contributed by atoms with E-state index in [0.29, 0.717) is 18.4 Å². The zero-order chi connectivity index (χ0) is 13.0. The zero-order valence-electron chi connectivity index (χ0n) is 11.4. The molecule has 0 unspecified atom stereocenters. The van der Waals surface area contributed by atoms with E-state index in [4.69, 9.17) is 0 Å². The van der Waals surface area contributed by atoms with Gasteiger partial charge in [0.25, 0.3) is 0 Å². The van der Waals surface area contributed by atoms with Crippen LogP contribution in [0.4, 0.5) is 0 Å². The van der Waals surface area contributed by atoms with Gasteiger partial charge in [0.05, 0.1) is 6.42 Å². The third kappa shape index (κ3) is 3.59. The van der Waals surface area contributed by atoms with Crippen LogP contribution in [0, 0.1) is 12.8 Å². The van der Waals surface area contributed by atoms with Gasteiger partial charge in [0.1, 0.15) is 0 Å². The van der Waals surface area contributed by atoms with Crippen LogP contribution in [0.25, 0.3) is 0 Å². The van der Waals surface area contributed by atoms with Crippen molar-refractivity contribution in [2.75, 3.05) is 0 Å². The van der Waals surface area contributed by atoms with Crippen LogP contribution in [-0.4, -0.2) is 11.9 Å². The average molecular weight is 245 g/mol. The van der Waals surface area contributed by atoms with Crippen molar-refractivity contribution in [3.8, 4) is 0 Å². The maximum Gasteiger partial charge on any atom is 0.224 e. The Bertz CT molecular complexity index is 396. The number of nitrogens with one attached hydrogen (secondary N) is 1. The summed E-state index contributed by atoms with van der Waals surface area (Å²) in [5.41, 5.74) is 2.33. The molecule has 1 saturated carbocycles. The topological polar surface area (TPSA) is 29.1 Å². The van der Waals surface area contributed by atoms with E-state index in [1.165, 1.54) is 24.8 Å². The Balaban J connectivity index is 1.86. The zero-order valence-corrected chi connectivity index (χ0v) is 11.4. The molecule has 0 aromatic heterocycles. The van der Waals surface area contributed by atoms with E-state index in [-0.39, 0.29) is 5.91 Å². The molecule has 2 heteroatoms. The van der Waals surface area contributed by atoms with E-state index in [1.54, 1.807) is 0 Å². The summed E-state index contributed by atoms with van der Waals surface area (Å²) in [6.45, 7) is 4.31. The quantitative estimate of drug-likeness (QED) is 0.870. The second-order valence-electron chi connectivity index (χ2n) is 5.60. The Morgan fingerprint density at radius 1 is 1.22 bits per heavy atom. The highest BCUT2D eigenvalue weighted by Gasteiger charge is 2.22. The van der Waals surface area contributed by atoms with Crippen molar-refractivity contribution in [2.45, 2.75) is 52.0 Å². The molecule has 0 radical (unpaired) electrons. The van der Waals surface area contributed by atoms with E-state index < -0.39 is 0 Å². The minimum absolute atomic E-state index is 0.164. The Morgan fingerprint density at radius 3 is 2.56 bits per heavy atom. The monoisotopic (exact) mass is 245 g/mol. The Hall–Kier alpha value is -1.31. The third-order valence-corrected chi connectivity index (χ3v) is 3.94. The summed E-state index contributed by atoms with van der Waals surface area (Å²) in [5.74, 6) is 0.790. The van der Waals surface area contributed by atoms with Gasteiger partial charge in [-0.2, -0.15) is 0 Å². The van der Waals surface area contributed by atoms with Crippen molar-refractivity contribution in [3.63, 3.8) is 0 Å². The molecule has 0 bridgehead atoms. The van der Waals surface area contributed by atoms with E-state index in [1.807, 2.05) is 12.1 Å². The fourth-order valence-electron chi connectivity index (χ4n) is 2.68. The predicted octanol–water partition coefficient (Wildman–Crippen LogP) is 3.23. The van der Waals surface area contributed by atoms with Gasteiger partial charge in [0, 0.05) is 6.04 Å². The summed E-state index contributed by atoms with van der Waals surface area (Å²) in [6.07, 6.45) is 5.45. The summed E-state index contributed by atoms with van der Waals surface area (Å²) < 4.78 is 0. The lowest BCUT2D eigenvalue weighted by atomic mass is 9.86. The van der Waals surface area contributed by atoms with E-state index in [0.717, 1.165) is 12.0 Å². The van der Waals surface area contributed by atoms with Crippen LogP contribution in [0.2, 0.25) is 0 Å². The van der Waals surface area contributed by atoms with E-state index >= 15 is 0 Å². The summed E-state index contributed by atoms with van der Waals surface area (Å²) in [6, 6.07) is 8.59. The molecule has 18 heavy (non-hydrogen) atoms. The first-order valence-corrected chi connectivity index (χ1v) is 7.00. The van der Waals surface area contributed by atoms with E-state index in [2.05, 4.69) is 31.3 Å². The first-order valence-electron chi connectivity index (χ1n) is 7.00. The van der Waals surface area contributed by atoms with Gasteiger partial charge in [-0.3, -0.25) is 4.79 Å². The number of hydrogen-bond acceptors (Lipinski definition) is 1. The summed E-state index contributed by atoms with van der Waals surface area (Å²) >= 11 is 0. The van der Waals surface area contributed by atoms with Crippen molar-refractivity contribution in [3.05, 3.63) is 35.4 Å². The number of carbonyl (C=O) groups excluding carboxylic acids is 1. The molecule has 0 saturated heterocycles. The molecule has 0 spiro atoms. The van der Waals surface area contributed by atoms with Gasteiger partial charge >= 0.3 is 0 Å². The largest absolute Gasteiger partial charge is 0.353 e. The fraction of sp³-hybridized carbons (Fsp3) is 0.562. The van der Waals surface area contributed by atoms with Gasteiger partial charge in [-0.1, -0.05) is 49.6 Å². The molecule has 2 rings (SSSR count). The van der Waals surface area contributed by atoms with Crippen molar-refractivity contribution in [1.29, 1.82) is 0 Å². The molecule has 2 atom stereocenters. The van der Waals surface area contributed by atoms with Gasteiger partial charge < -0.3 is 5.32 Å². The second kappa shape index (κ2) is 6.03. The highest BCUT2D eigenvalue weighted by Crippen LogP contribution is 2.23. The number of carbonyl (C=O) groups is 1. The maximum atomic E-state index is 12.0. The molecule has 1 aromatic rings. The van der Waals surface area contributed by atoms with Crippen molar-refractivity contribution in [2.24, 2.45) is 5.92 Å². The SMILES string of the molecule is Cc1ccc(CC(=O)N[C@@H]2CCCC[C@@H]2C)cc1. The number of benzene rings is 1. The Labute approximate surface area is 110 Å². The second-order valence-corrected chi connectivity index (χ2v) is 5.60. The van der Waals surface area contributed by atoms with Crippen molar-refractivity contribution < 1.29 is 4.79 Å². The first-order chi connectivity index (χ1) is 8.65. The molecule has 2 nitrogen and oxygen atoms in total. The lowest BCUT2D eigenvalue weighted by Gasteiger charge is -2.29. The lowest BCUT2D eigenvalue weighted by Crippen LogP contribution is -2.41. The molecule has 1 fully saturated rings. The molecule has 1 amide bonds. The number of amides is 1. The molecule has 1 aliphatic rings. The molecular weight excluding hydrogens is 222 g/mol. The molecule has 1 aliphatic carbocycles. The minimum Gasteiger partial charge on any atom is -0.353 e. The van der Waals surface area contributed by atoms with Gasteiger partial charge in [0.2, 0.25) is 5.91 Å². The molecule has 0 aliphatic heterocycles. The van der Waals surface area contributed by atoms with Crippen LogP contribution in [-0.2, 0) is 11.2 Å². The van der Waals surface area contributed by atoms with Gasteiger partial charge in [-0.25, -0.2) is 0 Å². The fourth-order valence-corrected chi connectivity index (χ4v) is 2.68. The molecular formula is C16H23NO. The summed E-state index contributed by atoms with van der Waals surface area (Å²) in [4.78, 5) is 12.0. The third-order valence-electron chi connectivity index (χ3n) is 3.94. The number of hydrogen-bond donors (Lipinski definition) is 1. The smallest absolute Gasteiger partial charge is 0.224 e. The Kier molecular flexibility index (Phi) is 4.40.